The molecule has 0 aliphatic carbocycles. The fraction of sp³-hybridized carbons (Fsp3) is 0.333. The van der Waals surface area contributed by atoms with Gasteiger partial charge in [0.25, 0.3) is 10.0 Å². The number of para-hydroxylation sites is 2. The van der Waals surface area contributed by atoms with E-state index < -0.39 is 28.5 Å². The standard InChI is InChI=1S/C30H37N3O5S/c1-5-23(3)31-30(35)26(6-2)32(21-24-15-9-7-10-16-24)29(34)22-33(27-19-13-14-20-28(27)38-4)39(36,37)25-17-11-8-12-18-25/h7-20,23,26H,5-6,21-22H2,1-4H3,(H,31,35). The molecule has 0 spiro atoms. The summed E-state index contributed by atoms with van der Waals surface area (Å²) in [4.78, 5) is 28.9. The highest BCUT2D eigenvalue weighted by Gasteiger charge is 2.34. The van der Waals surface area contributed by atoms with Gasteiger partial charge in [-0.15, -0.1) is 0 Å². The van der Waals surface area contributed by atoms with Crippen LogP contribution in [-0.2, 0) is 26.2 Å². The zero-order chi connectivity index (χ0) is 28.4. The number of carbonyl (C=O) groups excluding carboxylic acids is 2. The lowest BCUT2D eigenvalue weighted by atomic mass is 10.1. The Kier molecular flexibility index (Phi) is 10.5. The van der Waals surface area contributed by atoms with Crippen molar-refractivity contribution in [2.75, 3.05) is 18.0 Å². The van der Waals surface area contributed by atoms with Crippen molar-refractivity contribution < 1.29 is 22.7 Å². The molecule has 0 radical (unpaired) electrons. The molecule has 3 aromatic rings. The number of hydrogen-bond acceptors (Lipinski definition) is 5. The third kappa shape index (κ3) is 7.38. The zero-order valence-electron chi connectivity index (χ0n) is 22.9. The highest BCUT2D eigenvalue weighted by atomic mass is 32.2. The van der Waals surface area contributed by atoms with Crippen LogP contribution >= 0.6 is 0 Å². The van der Waals surface area contributed by atoms with E-state index in [9.17, 15) is 18.0 Å². The molecule has 3 aromatic carbocycles. The molecule has 9 heteroatoms. The largest absolute Gasteiger partial charge is 0.495 e. The average Bonchev–Trinajstić information content (AvgIpc) is 2.96. The van der Waals surface area contributed by atoms with E-state index in [1.54, 1.807) is 42.5 Å². The number of carbonyl (C=O) groups is 2. The van der Waals surface area contributed by atoms with Crippen molar-refractivity contribution in [3.05, 3.63) is 90.5 Å². The summed E-state index contributed by atoms with van der Waals surface area (Å²) in [5, 5.41) is 2.98. The SMILES string of the molecule is CCC(C)NC(=O)C(CC)N(Cc1ccccc1)C(=O)CN(c1ccccc1OC)S(=O)(=O)c1ccccc1. The maximum Gasteiger partial charge on any atom is 0.264 e. The van der Waals surface area contributed by atoms with Gasteiger partial charge in [-0.3, -0.25) is 13.9 Å². The molecule has 1 N–H and O–H groups in total. The van der Waals surface area contributed by atoms with Crippen LogP contribution in [0.4, 0.5) is 5.69 Å². The van der Waals surface area contributed by atoms with Gasteiger partial charge in [0.15, 0.2) is 0 Å². The monoisotopic (exact) mass is 551 g/mol. The average molecular weight is 552 g/mol. The van der Waals surface area contributed by atoms with Crippen LogP contribution in [0.15, 0.2) is 89.8 Å². The van der Waals surface area contributed by atoms with Crippen LogP contribution in [0.3, 0.4) is 0 Å². The smallest absolute Gasteiger partial charge is 0.264 e. The second-order valence-electron chi connectivity index (χ2n) is 9.25. The first-order valence-electron chi connectivity index (χ1n) is 13.1. The van der Waals surface area contributed by atoms with Crippen LogP contribution in [0, 0.1) is 0 Å². The predicted octanol–water partition coefficient (Wildman–Crippen LogP) is 4.61. The van der Waals surface area contributed by atoms with Gasteiger partial charge in [-0.1, -0.05) is 74.5 Å². The Bertz CT molecular complexity index is 1330. The van der Waals surface area contributed by atoms with Gasteiger partial charge in [0, 0.05) is 12.6 Å². The van der Waals surface area contributed by atoms with E-state index in [1.807, 2.05) is 51.1 Å². The van der Waals surface area contributed by atoms with Gasteiger partial charge in [-0.05, 0) is 49.6 Å². The van der Waals surface area contributed by atoms with E-state index in [0.717, 1.165) is 16.3 Å². The Morgan fingerprint density at radius 3 is 2.05 bits per heavy atom. The van der Waals surface area contributed by atoms with Crippen molar-refractivity contribution >= 4 is 27.5 Å². The van der Waals surface area contributed by atoms with Crippen molar-refractivity contribution in [3.63, 3.8) is 0 Å². The lowest BCUT2D eigenvalue weighted by Gasteiger charge is -2.34. The lowest BCUT2D eigenvalue weighted by Crippen LogP contribution is -2.53. The number of ether oxygens (including phenoxy) is 1. The maximum atomic E-state index is 14.1. The maximum absolute atomic E-state index is 14.1. The van der Waals surface area contributed by atoms with Gasteiger partial charge in [0.2, 0.25) is 11.8 Å². The molecule has 2 atom stereocenters. The minimum atomic E-state index is -4.16. The van der Waals surface area contributed by atoms with Gasteiger partial charge >= 0.3 is 0 Å². The number of amides is 2. The van der Waals surface area contributed by atoms with Gasteiger partial charge in [0.1, 0.15) is 18.3 Å². The zero-order valence-corrected chi connectivity index (χ0v) is 23.7. The Labute approximate surface area is 231 Å². The number of nitrogens with zero attached hydrogens (tertiary/aromatic N) is 2. The van der Waals surface area contributed by atoms with Crippen molar-refractivity contribution in [1.82, 2.24) is 10.2 Å². The Morgan fingerprint density at radius 2 is 1.46 bits per heavy atom. The first kappa shape index (κ1) is 29.7. The molecule has 8 nitrogen and oxygen atoms in total. The number of nitrogens with one attached hydrogen (secondary N) is 1. The van der Waals surface area contributed by atoms with E-state index in [0.29, 0.717) is 12.2 Å². The Morgan fingerprint density at radius 1 is 0.872 bits per heavy atom. The molecule has 0 fully saturated rings. The Balaban J connectivity index is 2.07. The summed E-state index contributed by atoms with van der Waals surface area (Å²) >= 11 is 0. The van der Waals surface area contributed by atoms with Crippen LogP contribution in [0.25, 0.3) is 0 Å². The van der Waals surface area contributed by atoms with E-state index in [4.69, 9.17) is 4.74 Å². The van der Waals surface area contributed by atoms with E-state index in [2.05, 4.69) is 5.32 Å². The summed E-state index contributed by atoms with van der Waals surface area (Å²) in [6, 6.07) is 23.1. The second-order valence-corrected chi connectivity index (χ2v) is 11.1. The summed E-state index contributed by atoms with van der Waals surface area (Å²) < 4.78 is 34.3. The molecule has 0 saturated carbocycles. The molecule has 2 unspecified atom stereocenters. The number of rotatable bonds is 13. The summed E-state index contributed by atoms with van der Waals surface area (Å²) in [5.74, 6) is -0.470. The predicted molar refractivity (Wildman–Crippen MR) is 153 cm³/mol. The number of sulfonamides is 1. The number of methoxy groups -OCH3 is 1. The van der Waals surface area contributed by atoms with Gasteiger partial charge in [-0.25, -0.2) is 8.42 Å². The van der Waals surface area contributed by atoms with E-state index in [1.165, 1.54) is 24.1 Å². The quantitative estimate of drug-likeness (QED) is 0.335. The molecule has 0 bridgehead atoms. The van der Waals surface area contributed by atoms with Crippen LogP contribution in [0.1, 0.15) is 39.2 Å². The number of hydrogen-bond donors (Lipinski definition) is 1. The van der Waals surface area contributed by atoms with Crippen molar-refractivity contribution in [2.24, 2.45) is 0 Å². The van der Waals surface area contributed by atoms with E-state index in [-0.39, 0.29) is 29.1 Å². The minimum absolute atomic E-state index is 0.0415. The highest BCUT2D eigenvalue weighted by molar-refractivity contribution is 7.92. The van der Waals surface area contributed by atoms with Gasteiger partial charge in [0.05, 0.1) is 17.7 Å². The van der Waals surface area contributed by atoms with Crippen molar-refractivity contribution in [1.29, 1.82) is 0 Å². The molecular formula is C30H37N3O5S. The summed E-state index contributed by atoms with van der Waals surface area (Å²) in [6.45, 7) is 5.35. The number of benzene rings is 3. The minimum Gasteiger partial charge on any atom is -0.495 e. The van der Waals surface area contributed by atoms with E-state index >= 15 is 0 Å². The molecule has 3 rings (SSSR count). The lowest BCUT2D eigenvalue weighted by molar-refractivity contribution is -0.140. The molecule has 0 aromatic heterocycles. The summed E-state index contributed by atoms with van der Waals surface area (Å²) in [6.07, 6.45) is 1.10. The topological polar surface area (TPSA) is 96.0 Å². The third-order valence-electron chi connectivity index (χ3n) is 6.55. The molecule has 0 heterocycles. The van der Waals surface area contributed by atoms with Gasteiger partial charge in [-0.2, -0.15) is 0 Å². The Hall–Kier alpha value is -3.85. The van der Waals surface area contributed by atoms with Crippen molar-refractivity contribution in [2.45, 2.75) is 57.1 Å². The fourth-order valence-corrected chi connectivity index (χ4v) is 5.66. The highest BCUT2D eigenvalue weighted by Crippen LogP contribution is 2.32. The van der Waals surface area contributed by atoms with Gasteiger partial charge < -0.3 is 15.0 Å². The summed E-state index contributed by atoms with van der Waals surface area (Å²) in [7, 11) is -2.71. The van der Waals surface area contributed by atoms with Crippen molar-refractivity contribution in [3.8, 4) is 5.75 Å². The summed E-state index contributed by atoms with van der Waals surface area (Å²) in [5.41, 5.74) is 1.06. The molecular weight excluding hydrogens is 514 g/mol. The molecule has 0 aliphatic heterocycles. The molecule has 39 heavy (non-hydrogen) atoms. The van der Waals surface area contributed by atoms with Crippen LogP contribution in [0.2, 0.25) is 0 Å². The van der Waals surface area contributed by atoms with Crippen LogP contribution in [0.5, 0.6) is 5.75 Å². The molecule has 0 saturated heterocycles. The number of anilines is 1. The molecule has 2 amide bonds. The third-order valence-corrected chi connectivity index (χ3v) is 8.32. The van der Waals surface area contributed by atoms with Crippen LogP contribution < -0.4 is 14.4 Å². The first-order chi connectivity index (χ1) is 18.7. The second kappa shape index (κ2) is 13.8. The molecule has 208 valence electrons. The van der Waals surface area contributed by atoms with Crippen LogP contribution in [-0.4, -0.2) is 50.9 Å². The first-order valence-corrected chi connectivity index (χ1v) is 14.5. The normalized spacial score (nSPS) is 12.7. The fourth-order valence-electron chi connectivity index (χ4n) is 4.21. The molecule has 0 aliphatic rings.